The van der Waals surface area contributed by atoms with Crippen molar-refractivity contribution in [2.45, 2.75) is 12.1 Å². The van der Waals surface area contributed by atoms with E-state index in [1.54, 1.807) is 12.1 Å². The minimum Gasteiger partial charge on any atom is -0.479 e. The molecular weight excluding hydrogens is 562 g/mol. The maximum absolute atomic E-state index is 12.6. The molecule has 0 aliphatic rings. The summed E-state index contributed by atoms with van der Waals surface area (Å²) in [6, 6.07) is 8.78. The van der Waals surface area contributed by atoms with E-state index in [4.69, 9.17) is 0 Å². The summed E-state index contributed by atoms with van der Waals surface area (Å²) in [7, 11) is 0. The van der Waals surface area contributed by atoms with Crippen LogP contribution in [0.1, 0.15) is 23.2 Å². The van der Waals surface area contributed by atoms with Crippen molar-refractivity contribution in [1.29, 1.82) is 0 Å². The second kappa shape index (κ2) is 15.1. The number of imide groups is 2. The Bertz CT molecular complexity index is 1210. The molecule has 0 spiro atoms. The minimum atomic E-state index is -1.83. The number of benzene rings is 2. The molecule has 0 fully saturated rings. The van der Waals surface area contributed by atoms with Crippen molar-refractivity contribution in [2.75, 3.05) is 26.2 Å². The zero-order valence-corrected chi connectivity index (χ0v) is 21.7. The zero-order valence-electron chi connectivity index (χ0n) is 21.7. The zero-order chi connectivity index (χ0) is 31.4. The van der Waals surface area contributed by atoms with Gasteiger partial charge in [-0.1, -0.05) is 60.7 Å². The van der Waals surface area contributed by atoms with E-state index in [-0.39, 0.29) is 20.9 Å². The van der Waals surface area contributed by atoms with Crippen LogP contribution < -0.4 is 10.6 Å². The van der Waals surface area contributed by atoms with E-state index in [0.29, 0.717) is 4.90 Å². The van der Waals surface area contributed by atoms with Gasteiger partial charge in [-0.25, -0.2) is 43.4 Å². The molecule has 0 aromatic heterocycles. The van der Waals surface area contributed by atoms with Crippen LogP contribution in [-0.2, 0) is 9.59 Å². The third kappa shape index (κ3) is 9.11. The summed E-state index contributed by atoms with van der Waals surface area (Å²) in [5.41, 5.74) is 0.278. The second-order valence-electron chi connectivity index (χ2n) is 8.40. The topological polar surface area (TPSA) is 254 Å². The molecule has 17 nitrogen and oxygen atoms in total. The first-order valence-electron chi connectivity index (χ1n) is 12.0. The lowest BCUT2D eigenvalue weighted by Gasteiger charge is -2.27. The summed E-state index contributed by atoms with van der Waals surface area (Å²) < 4.78 is 0. The Morgan fingerprint density at radius 3 is 1.12 bits per heavy atom. The van der Waals surface area contributed by atoms with E-state index in [0.717, 1.165) is 0 Å². The molecule has 17 heteroatoms. The number of nitrogens with one attached hydrogen (secondary N) is 2. The van der Waals surface area contributed by atoms with Gasteiger partial charge in [0.15, 0.2) is 12.1 Å². The summed E-state index contributed by atoms with van der Waals surface area (Å²) in [6.45, 7) is -2.95. The quantitative estimate of drug-likeness (QED) is 0.188. The van der Waals surface area contributed by atoms with Gasteiger partial charge in [-0.3, -0.25) is 0 Å². The maximum Gasteiger partial charge on any atom is 0.415 e. The predicted octanol–water partition coefficient (Wildman–Crippen LogP) is 2.00. The molecule has 0 saturated carbocycles. The number of carbonyl (C=O) groups excluding carboxylic acids is 2. The van der Waals surface area contributed by atoms with Crippen LogP contribution in [0.4, 0.5) is 24.0 Å². The van der Waals surface area contributed by atoms with Crippen LogP contribution in [0.25, 0.3) is 0 Å². The highest BCUT2D eigenvalue weighted by Gasteiger charge is 2.31. The molecule has 7 N–H and O–H groups in total. The molecule has 0 saturated heterocycles. The summed E-state index contributed by atoms with van der Waals surface area (Å²) in [5, 5.41) is 51.5. The lowest BCUT2D eigenvalue weighted by molar-refractivity contribution is -0.140. The van der Waals surface area contributed by atoms with Gasteiger partial charge in [0.05, 0.1) is 13.1 Å². The van der Waals surface area contributed by atoms with Crippen LogP contribution in [0.5, 0.6) is 0 Å². The number of hydrogen-bond donors (Lipinski definition) is 7. The summed E-state index contributed by atoms with van der Waals surface area (Å²) >= 11 is 0. The van der Waals surface area contributed by atoms with Crippen molar-refractivity contribution in [3.8, 4) is 0 Å². The van der Waals surface area contributed by atoms with E-state index >= 15 is 0 Å². The first-order valence-corrected chi connectivity index (χ1v) is 12.0. The molecule has 0 bridgehead atoms. The molecule has 2 unspecified atom stereocenters. The number of hydrogen-bond acceptors (Lipinski definition) is 7. The SMILES string of the molecule is O=C(O)C(NC(=O)N(CCN(CCN(C(=O)O)C(=O)NC(C(=O)O)c1ccccc1)C(=O)O)C(=O)O)c1ccccc1. The number of urea groups is 2. The van der Waals surface area contributed by atoms with E-state index < -0.39 is 80.5 Å². The maximum atomic E-state index is 12.6. The van der Waals surface area contributed by atoms with Crippen molar-refractivity contribution in [3.63, 3.8) is 0 Å². The lowest BCUT2D eigenvalue weighted by Crippen LogP contribution is -2.51. The average Bonchev–Trinajstić information content (AvgIpc) is 2.93. The van der Waals surface area contributed by atoms with Gasteiger partial charge in [0.25, 0.3) is 0 Å². The van der Waals surface area contributed by atoms with Crippen LogP contribution in [0, 0.1) is 0 Å². The highest BCUT2D eigenvalue weighted by molar-refractivity contribution is 5.93. The molecule has 7 amide bonds. The lowest BCUT2D eigenvalue weighted by atomic mass is 10.1. The number of aliphatic carboxylic acids is 2. The van der Waals surface area contributed by atoms with Gasteiger partial charge < -0.3 is 41.1 Å². The second-order valence-corrected chi connectivity index (χ2v) is 8.40. The van der Waals surface area contributed by atoms with Crippen molar-refractivity contribution >= 4 is 42.3 Å². The number of amides is 7. The fourth-order valence-electron chi connectivity index (χ4n) is 3.58. The van der Waals surface area contributed by atoms with Gasteiger partial charge in [-0.2, -0.15) is 0 Å². The van der Waals surface area contributed by atoms with Crippen molar-refractivity contribution in [2.24, 2.45) is 0 Å². The highest BCUT2D eigenvalue weighted by Crippen LogP contribution is 2.15. The predicted molar refractivity (Wildman–Crippen MR) is 140 cm³/mol. The molecule has 224 valence electrons. The molecule has 0 aliphatic heterocycles. The van der Waals surface area contributed by atoms with Gasteiger partial charge in [0, 0.05) is 13.1 Å². The number of rotatable bonds is 12. The van der Waals surface area contributed by atoms with Crippen LogP contribution in [0.3, 0.4) is 0 Å². The standard InChI is InChI=1S/C25H27N5O12/c31-19(32)17(15-7-3-1-4-8-15)26-21(35)29(24(39)40)13-11-28(23(37)38)12-14-30(25(41)42)22(36)27-18(20(33)34)16-9-5-2-6-10-16/h1-10,17-18H,11-14H2,(H,26,35)(H,27,36)(H,31,32)(H,33,34)(H,37,38)(H,39,40)(H,41,42). The average molecular weight is 590 g/mol. The molecule has 2 aromatic carbocycles. The third-order valence-electron chi connectivity index (χ3n) is 5.71. The van der Waals surface area contributed by atoms with Gasteiger partial charge in [-0.15, -0.1) is 0 Å². The Kier molecular flexibility index (Phi) is 11.6. The minimum absolute atomic E-state index is 0.133. The van der Waals surface area contributed by atoms with Crippen LogP contribution in [0.15, 0.2) is 60.7 Å². The third-order valence-corrected chi connectivity index (χ3v) is 5.71. The normalized spacial score (nSPS) is 11.7. The highest BCUT2D eigenvalue weighted by atomic mass is 16.4. The molecule has 2 aromatic rings. The number of carboxylic acids is 2. The Hall–Kier alpha value is -5.87. The van der Waals surface area contributed by atoms with Gasteiger partial charge >= 0.3 is 42.3 Å². The molecular formula is C25H27N5O12. The fourth-order valence-corrected chi connectivity index (χ4v) is 3.58. The van der Waals surface area contributed by atoms with Gasteiger partial charge in [0.1, 0.15) is 0 Å². The van der Waals surface area contributed by atoms with E-state index in [1.807, 2.05) is 10.6 Å². The monoisotopic (exact) mass is 589 g/mol. The molecule has 0 radical (unpaired) electrons. The fraction of sp³-hybridized carbons (Fsp3) is 0.240. The molecule has 0 heterocycles. The molecule has 42 heavy (non-hydrogen) atoms. The Labute approximate surface area is 237 Å². The Morgan fingerprint density at radius 1 is 0.524 bits per heavy atom. The van der Waals surface area contributed by atoms with Crippen LogP contribution in [-0.4, -0.2) is 109 Å². The van der Waals surface area contributed by atoms with Gasteiger partial charge in [-0.05, 0) is 11.1 Å². The molecule has 0 aliphatic carbocycles. The summed E-state index contributed by atoms with van der Waals surface area (Å²) in [4.78, 5) is 84.4. The molecule has 2 atom stereocenters. The Morgan fingerprint density at radius 2 is 0.857 bits per heavy atom. The van der Waals surface area contributed by atoms with Crippen molar-refractivity contribution in [3.05, 3.63) is 71.8 Å². The number of carboxylic acid groups (broad SMARTS) is 5. The first kappa shape index (κ1) is 32.3. The molecule has 2 rings (SSSR count). The number of nitrogens with zero attached hydrogens (tertiary/aromatic N) is 3. The summed E-state index contributed by atoms with van der Waals surface area (Å²) in [5.74, 6) is -2.98. The van der Waals surface area contributed by atoms with Crippen molar-refractivity contribution in [1.82, 2.24) is 25.3 Å². The smallest absolute Gasteiger partial charge is 0.415 e. The van der Waals surface area contributed by atoms with Crippen LogP contribution in [0.2, 0.25) is 0 Å². The van der Waals surface area contributed by atoms with Gasteiger partial charge in [0.2, 0.25) is 0 Å². The van der Waals surface area contributed by atoms with E-state index in [2.05, 4.69) is 0 Å². The van der Waals surface area contributed by atoms with Crippen LogP contribution >= 0.6 is 0 Å². The largest absolute Gasteiger partial charge is 0.479 e. The Balaban J connectivity index is 2.09. The van der Waals surface area contributed by atoms with E-state index in [9.17, 15) is 59.1 Å². The van der Waals surface area contributed by atoms with E-state index in [1.165, 1.54) is 48.5 Å². The number of carbonyl (C=O) groups is 7. The summed E-state index contributed by atoms with van der Waals surface area (Å²) in [6.07, 6.45) is -5.32. The first-order chi connectivity index (χ1) is 19.8. The van der Waals surface area contributed by atoms with Crippen molar-refractivity contribution < 1.29 is 59.1 Å².